The second-order valence-corrected chi connectivity index (χ2v) is 9.60. The number of carbonyl (C=O) groups is 1. The van der Waals surface area contributed by atoms with E-state index in [2.05, 4.69) is 10.2 Å². The average Bonchev–Trinajstić information content (AvgIpc) is 3.00. The molecule has 1 N–H and O–H groups in total. The number of hydrogen-bond donors (Lipinski definition) is 1. The maximum absolute atomic E-state index is 12.8. The van der Waals surface area contributed by atoms with Gasteiger partial charge in [0.05, 0.1) is 23.1 Å². The van der Waals surface area contributed by atoms with Crippen molar-refractivity contribution in [2.45, 2.75) is 31.6 Å². The Kier molecular flexibility index (Phi) is 6.02. The lowest BCUT2D eigenvalue weighted by Crippen LogP contribution is -2.55. The lowest BCUT2D eigenvalue weighted by molar-refractivity contribution is -0.137. The van der Waals surface area contributed by atoms with Crippen molar-refractivity contribution >= 4 is 21.4 Å². The van der Waals surface area contributed by atoms with Crippen LogP contribution in [-0.2, 0) is 20.8 Å². The van der Waals surface area contributed by atoms with Gasteiger partial charge < -0.3 is 5.32 Å². The molecule has 1 amide bonds. The zero-order valence-corrected chi connectivity index (χ0v) is 16.4. The molecule has 2 aliphatic rings. The van der Waals surface area contributed by atoms with Crippen molar-refractivity contribution in [2.75, 3.05) is 43.0 Å². The number of rotatable bonds is 4. The number of hydrogen-bond acceptors (Lipinski definition) is 5. The van der Waals surface area contributed by atoms with E-state index in [1.807, 2.05) is 4.90 Å². The first-order valence-electron chi connectivity index (χ1n) is 9.22. The van der Waals surface area contributed by atoms with Crippen LogP contribution in [0.3, 0.4) is 0 Å². The summed E-state index contributed by atoms with van der Waals surface area (Å²) in [5.74, 6) is 0.0583. The highest BCUT2D eigenvalue weighted by Gasteiger charge is 2.35. The number of carbonyl (C=O) groups excluding carboxylic acids is 1. The number of sulfone groups is 1. The second-order valence-electron chi connectivity index (χ2n) is 7.37. The Balaban J connectivity index is 1.54. The Bertz CT molecular complexity index is 821. The zero-order valence-electron chi connectivity index (χ0n) is 15.6. The van der Waals surface area contributed by atoms with Gasteiger partial charge in [-0.3, -0.25) is 14.6 Å². The van der Waals surface area contributed by atoms with Crippen molar-refractivity contribution in [2.24, 2.45) is 0 Å². The first-order chi connectivity index (χ1) is 13.0. The molecule has 0 aliphatic carbocycles. The number of anilines is 1. The van der Waals surface area contributed by atoms with E-state index in [0.29, 0.717) is 32.6 Å². The van der Waals surface area contributed by atoms with E-state index in [0.717, 1.165) is 12.1 Å². The minimum absolute atomic E-state index is 0.0430. The van der Waals surface area contributed by atoms with Gasteiger partial charge in [0.15, 0.2) is 9.84 Å². The molecule has 2 aliphatic heterocycles. The largest absolute Gasteiger partial charge is 0.416 e. The van der Waals surface area contributed by atoms with Crippen molar-refractivity contribution < 1.29 is 26.4 Å². The molecule has 2 fully saturated rings. The molecule has 156 valence electrons. The molecule has 0 saturated carbocycles. The number of benzene rings is 1. The number of piperazine rings is 1. The maximum Gasteiger partial charge on any atom is 0.416 e. The third kappa shape index (κ3) is 5.03. The van der Waals surface area contributed by atoms with Crippen molar-refractivity contribution in [1.29, 1.82) is 0 Å². The fraction of sp³-hybridized carbons (Fsp3) is 0.611. The van der Waals surface area contributed by atoms with E-state index < -0.39 is 27.6 Å². The lowest BCUT2D eigenvalue weighted by atomic mass is 10.1. The fourth-order valence-corrected chi connectivity index (χ4v) is 5.50. The van der Waals surface area contributed by atoms with Crippen LogP contribution in [0, 0.1) is 0 Å². The summed E-state index contributed by atoms with van der Waals surface area (Å²) in [4.78, 5) is 16.6. The van der Waals surface area contributed by atoms with Gasteiger partial charge >= 0.3 is 6.18 Å². The lowest BCUT2D eigenvalue weighted by Gasteiger charge is -2.39. The van der Waals surface area contributed by atoms with Crippen LogP contribution in [0.1, 0.15) is 18.9 Å². The molecule has 1 aromatic carbocycles. The smallest absolute Gasteiger partial charge is 0.325 e. The van der Waals surface area contributed by atoms with Crippen molar-refractivity contribution in [3.8, 4) is 0 Å². The Morgan fingerprint density at radius 2 is 1.89 bits per heavy atom. The van der Waals surface area contributed by atoms with Gasteiger partial charge in [0, 0.05) is 37.9 Å². The summed E-state index contributed by atoms with van der Waals surface area (Å²) < 4.78 is 61.7. The zero-order chi connectivity index (χ0) is 20.5. The SMILES string of the molecule is C[C@H](C(=O)Nc1cccc(C(F)(F)F)c1)N1CCN([C@H]2CCS(=O)(=O)C2)CC1. The van der Waals surface area contributed by atoms with Crippen LogP contribution < -0.4 is 5.32 Å². The van der Waals surface area contributed by atoms with Crippen LogP contribution in [0.4, 0.5) is 18.9 Å². The maximum atomic E-state index is 12.8. The third-order valence-electron chi connectivity index (χ3n) is 5.46. The van der Waals surface area contributed by atoms with Gasteiger partial charge in [-0.2, -0.15) is 13.2 Å². The fourth-order valence-electron chi connectivity index (χ4n) is 3.74. The summed E-state index contributed by atoms with van der Waals surface area (Å²) >= 11 is 0. The van der Waals surface area contributed by atoms with Gasteiger partial charge in [-0.1, -0.05) is 6.07 Å². The molecular weight excluding hydrogens is 395 g/mol. The normalized spacial score (nSPS) is 24.8. The van der Waals surface area contributed by atoms with E-state index in [1.165, 1.54) is 12.1 Å². The van der Waals surface area contributed by atoms with E-state index in [-0.39, 0.29) is 29.1 Å². The van der Waals surface area contributed by atoms with E-state index in [4.69, 9.17) is 0 Å². The predicted molar refractivity (Wildman–Crippen MR) is 99.7 cm³/mol. The van der Waals surface area contributed by atoms with Crippen LogP contribution in [-0.4, -0.2) is 73.9 Å². The number of nitrogens with zero attached hydrogens (tertiary/aromatic N) is 2. The Morgan fingerprint density at radius 1 is 1.21 bits per heavy atom. The van der Waals surface area contributed by atoms with Crippen molar-refractivity contribution in [3.63, 3.8) is 0 Å². The summed E-state index contributed by atoms with van der Waals surface area (Å²) in [6.07, 6.45) is -3.82. The first kappa shape index (κ1) is 21.1. The van der Waals surface area contributed by atoms with Gasteiger partial charge in [-0.05, 0) is 31.5 Å². The standard InChI is InChI=1S/C18H24F3N3O3S/c1-13(17(25)22-15-4-2-3-14(11-15)18(19,20)21)23-6-8-24(9-7-23)16-5-10-28(26,27)12-16/h2-4,11,13,16H,5-10,12H2,1H3,(H,22,25)/t13-,16+/m1/s1. The first-order valence-corrected chi connectivity index (χ1v) is 11.0. The summed E-state index contributed by atoms with van der Waals surface area (Å²) in [5, 5.41) is 2.56. The molecule has 6 nitrogen and oxygen atoms in total. The molecule has 0 spiro atoms. The average molecular weight is 419 g/mol. The van der Waals surface area contributed by atoms with Gasteiger partial charge in [0.2, 0.25) is 5.91 Å². The third-order valence-corrected chi connectivity index (χ3v) is 7.21. The monoisotopic (exact) mass is 419 g/mol. The molecule has 10 heteroatoms. The molecular formula is C18H24F3N3O3S. The molecule has 0 aromatic heterocycles. The molecule has 2 atom stereocenters. The number of amides is 1. The number of nitrogens with one attached hydrogen (secondary N) is 1. The predicted octanol–water partition coefficient (Wildman–Crippen LogP) is 1.84. The quantitative estimate of drug-likeness (QED) is 0.807. The minimum Gasteiger partial charge on any atom is -0.325 e. The van der Waals surface area contributed by atoms with Gasteiger partial charge in [0.1, 0.15) is 0 Å². The van der Waals surface area contributed by atoms with E-state index >= 15 is 0 Å². The van der Waals surface area contributed by atoms with E-state index in [9.17, 15) is 26.4 Å². The van der Waals surface area contributed by atoms with Crippen LogP contribution in [0.15, 0.2) is 24.3 Å². The Morgan fingerprint density at radius 3 is 2.46 bits per heavy atom. The Labute approximate surface area is 162 Å². The van der Waals surface area contributed by atoms with Crippen molar-refractivity contribution in [1.82, 2.24) is 9.80 Å². The molecule has 0 unspecified atom stereocenters. The van der Waals surface area contributed by atoms with Crippen LogP contribution in [0.2, 0.25) is 0 Å². The van der Waals surface area contributed by atoms with Gasteiger partial charge in [-0.15, -0.1) is 0 Å². The number of halogens is 3. The second kappa shape index (κ2) is 8.00. The summed E-state index contributed by atoms with van der Waals surface area (Å²) in [6.45, 7) is 4.27. The topological polar surface area (TPSA) is 69.7 Å². The molecule has 2 heterocycles. The number of alkyl halides is 3. The highest BCUT2D eigenvalue weighted by atomic mass is 32.2. The molecule has 28 heavy (non-hydrogen) atoms. The molecule has 0 bridgehead atoms. The Hall–Kier alpha value is -1.65. The highest BCUT2D eigenvalue weighted by molar-refractivity contribution is 7.91. The van der Waals surface area contributed by atoms with E-state index in [1.54, 1.807) is 6.92 Å². The van der Waals surface area contributed by atoms with Crippen molar-refractivity contribution in [3.05, 3.63) is 29.8 Å². The summed E-state index contributed by atoms with van der Waals surface area (Å²) in [5.41, 5.74) is -0.695. The van der Waals surface area contributed by atoms with Crippen LogP contribution in [0.5, 0.6) is 0 Å². The molecule has 2 saturated heterocycles. The summed E-state index contributed by atoms with van der Waals surface area (Å²) in [6, 6.07) is 4.12. The van der Waals surface area contributed by atoms with Gasteiger partial charge in [-0.25, -0.2) is 8.42 Å². The van der Waals surface area contributed by atoms with Crippen LogP contribution in [0.25, 0.3) is 0 Å². The highest BCUT2D eigenvalue weighted by Crippen LogP contribution is 2.30. The van der Waals surface area contributed by atoms with Crippen LogP contribution >= 0.6 is 0 Å². The molecule has 1 aromatic rings. The summed E-state index contributed by atoms with van der Waals surface area (Å²) in [7, 11) is -2.94. The van der Waals surface area contributed by atoms with Gasteiger partial charge in [0.25, 0.3) is 0 Å². The molecule has 3 rings (SSSR count). The molecule has 0 radical (unpaired) electrons. The minimum atomic E-state index is -4.46.